The number of benzene rings is 1. The Morgan fingerprint density at radius 3 is 2.50 bits per heavy atom. The van der Waals surface area contributed by atoms with Crippen molar-refractivity contribution in [1.29, 1.82) is 0 Å². The van der Waals surface area contributed by atoms with Gasteiger partial charge in [-0.05, 0) is 36.8 Å². The van der Waals surface area contributed by atoms with Gasteiger partial charge in [-0.15, -0.1) is 0 Å². The minimum Gasteiger partial charge on any atom is -0.397 e. The van der Waals surface area contributed by atoms with Crippen LogP contribution in [0.2, 0.25) is 0 Å². The van der Waals surface area contributed by atoms with Gasteiger partial charge < -0.3 is 11.1 Å². The first-order valence-corrected chi connectivity index (χ1v) is 5.49. The predicted octanol–water partition coefficient (Wildman–Crippen LogP) is 3.12. The highest BCUT2D eigenvalue weighted by Crippen LogP contribution is 2.28. The van der Waals surface area contributed by atoms with Crippen molar-refractivity contribution >= 4 is 11.4 Å². The molecule has 1 atom stereocenters. The van der Waals surface area contributed by atoms with Crippen LogP contribution in [-0.2, 0) is 0 Å². The number of nitrogens with zero attached hydrogens (tertiary/aromatic N) is 1. The van der Waals surface area contributed by atoms with Gasteiger partial charge in [-0.25, -0.2) is 8.78 Å². The van der Waals surface area contributed by atoms with Crippen LogP contribution in [0.15, 0.2) is 36.7 Å². The Morgan fingerprint density at radius 2 is 1.83 bits per heavy atom. The lowest BCUT2D eigenvalue weighted by atomic mass is 10.1. The fourth-order valence-corrected chi connectivity index (χ4v) is 1.66. The molecule has 1 heterocycles. The molecule has 0 spiro atoms. The maximum atomic E-state index is 13.6. The van der Waals surface area contributed by atoms with Gasteiger partial charge in [0, 0.05) is 18.4 Å². The zero-order valence-electron chi connectivity index (χ0n) is 9.82. The van der Waals surface area contributed by atoms with E-state index in [-0.39, 0.29) is 17.4 Å². The maximum Gasteiger partial charge on any atom is 0.183 e. The lowest BCUT2D eigenvalue weighted by Crippen LogP contribution is -2.10. The Labute approximate surface area is 104 Å². The number of anilines is 2. The molecule has 18 heavy (non-hydrogen) atoms. The van der Waals surface area contributed by atoms with Crippen LogP contribution in [0.3, 0.4) is 0 Å². The van der Waals surface area contributed by atoms with E-state index in [1.54, 1.807) is 24.5 Å². The molecule has 1 unspecified atom stereocenters. The second-order valence-electron chi connectivity index (χ2n) is 3.97. The molecule has 5 heteroatoms. The summed E-state index contributed by atoms with van der Waals surface area (Å²) in [6.45, 7) is 1.83. The van der Waals surface area contributed by atoms with Gasteiger partial charge in [0.25, 0.3) is 0 Å². The van der Waals surface area contributed by atoms with Crippen molar-refractivity contribution in [3.8, 4) is 0 Å². The molecular formula is C13H13F2N3. The maximum absolute atomic E-state index is 13.6. The van der Waals surface area contributed by atoms with E-state index < -0.39 is 11.6 Å². The second kappa shape index (κ2) is 5.00. The molecule has 3 N–H and O–H groups in total. The van der Waals surface area contributed by atoms with E-state index in [9.17, 15) is 8.78 Å². The average molecular weight is 249 g/mol. The molecule has 2 aromatic rings. The molecule has 0 aliphatic carbocycles. The first kappa shape index (κ1) is 12.3. The van der Waals surface area contributed by atoms with Crippen LogP contribution in [0.4, 0.5) is 20.2 Å². The number of nitrogen functional groups attached to an aromatic ring is 1. The molecule has 3 nitrogen and oxygen atoms in total. The highest BCUT2D eigenvalue weighted by atomic mass is 19.2. The fourth-order valence-electron chi connectivity index (χ4n) is 1.66. The monoisotopic (exact) mass is 249 g/mol. The van der Waals surface area contributed by atoms with Gasteiger partial charge in [0.2, 0.25) is 0 Å². The second-order valence-corrected chi connectivity index (χ2v) is 3.97. The van der Waals surface area contributed by atoms with E-state index in [1.165, 1.54) is 6.07 Å². The number of nitrogens with one attached hydrogen (secondary N) is 1. The van der Waals surface area contributed by atoms with Crippen LogP contribution in [0, 0.1) is 11.6 Å². The van der Waals surface area contributed by atoms with Crippen molar-refractivity contribution in [3.63, 3.8) is 0 Å². The van der Waals surface area contributed by atoms with Crippen molar-refractivity contribution < 1.29 is 8.78 Å². The Hall–Kier alpha value is -2.17. The van der Waals surface area contributed by atoms with Gasteiger partial charge in [0.15, 0.2) is 11.6 Å². The van der Waals surface area contributed by atoms with Crippen molar-refractivity contribution in [1.82, 2.24) is 4.98 Å². The summed E-state index contributed by atoms with van der Waals surface area (Å²) in [7, 11) is 0. The largest absolute Gasteiger partial charge is 0.397 e. The van der Waals surface area contributed by atoms with Crippen molar-refractivity contribution in [3.05, 3.63) is 53.9 Å². The van der Waals surface area contributed by atoms with Crippen LogP contribution in [-0.4, -0.2) is 4.98 Å². The van der Waals surface area contributed by atoms with Gasteiger partial charge in [-0.2, -0.15) is 0 Å². The number of pyridine rings is 1. The molecule has 1 aromatic carbocycles. The van der Waals surface area contributed by atoms with Crippen molar-refractivity contribution in [2.75, 3.05) is 11.1 Å². The third-order valence-corrected chi connectivity index (χ3v) is 2.69. The third-order valence-electron chi connectivity index (χ3n) is 2.69. The molecule has 0 aliphatic rings. The number of hydrogen-bond acceptors (Lipinski definition) is 3. The summed E-state index contributed by atoms with van der Waals surface area (Å²) in [6, 6.07) is 5.73. The Balaban J connectivity index is 2.27. The number of rotatable bonds is 3. The molecule has 0 radical (unpaired) electrons. The third kappa shape index (κ3) is 2.40. The van der Waals surface area contributed by atoms with Gasteiger partial charge in [0.05, 0.1) is 11.4 Å². The van der Waals surface area contributed by atoms with E-state index in [2.05, 4.69) is 10.3 Å². The number of halogens is 2. The van der Waals surface area contributed by atoms with Gasteiger partial charge >= 0.3 is 0 Å². The van der Waals surface area contributed by atoms with Crippen LogP contribution >= 0.6 is 0 Å². The first-order valence-electron chi connectivity index (χ1n) is 5.49. The van der Waals surface area contributed by atoms with Crippen LogP contribution in [0.1, 0.15) is 18.5 Å². The van der Waals surface area contributed by atoms with Crippen LogP contribution < -0.4 is 11.1 Å². The lowest BCUT2D eigenvalue weighted by Gasteiger charge is -2.17. The summed E-state index contributed by atoms with van der Waals surface area (Å²) in [5.74, 6) is -1.88. The highest BCUT2D eigenvalue weighted by molar-refractivity contribution is 5.67. The summed E-state index contributed by atoms with van der Waals surface area (Å²) in [5.41, 5.74) is 6.71. The van der Waals surface area contributed by atoms with E-state index in [4.69, 9.17) is 5.73 Å². The minimum absolute atomic E-state index is 0.0145. The fraction of sp³-hybridized carbons (Fsp3) is 0.154. The Bertz CT molecular complexity index is 543. The smallest absolute Gasteiger partial charge is 0.183 e. The van der Waals surface area contributed by atoms with Gasteiger partial charge in [0.1, 0.15) is 0 Å². The van der Waals surface area contributed by atoms with E-state index in [1.807, 2.05) is 6.92 Å². The minimum atomic E-state index is -0.962. The molecule has 94 valence electrons. The molecule has 0 aliphatic heterocycles. The summed E-state index contributed by atoms with van der Waals surface area (Å²) < 4.78 is 26.7. The topological polar surface area (TPSA) is 50.9 Å². The molecule has 0 bridgehead atoms. The van der Waals surface area contributed by atoms with Crippen molar-refractivity contribution in [2.24, 2.45) is 0 Å². The van der Waals surface area contributed by atoms with Gasteiger partial charge in [-0.1, -0.05) is 0 Å². The molecule has 2 rings (SSSR count). The quantitative estimate of drug-likeness (QED) is 0.822. The molecule has 0 amide bonds. The lowest BCUT2D eigenvalue weighted by molar-refractivity contribution is 0.510. The number of nitrogens with two attached hydrogens (primary N) is 1. The summed E-state index contributed by atoms with van der Waals surface area (Å²) >= 11 is 0. The van der Waals surface area contributed by atoms with Crippen molar-refractivity contribution in [2.45, 2.75) is 13.0 Å². The SMILES string of the molecule is CC(Nc1c(N)ccc(F)c1F)c1ccncc1. The van der Waals surface area contributed by atoms with E-state index in [0.717, 1.165) is 11.6 Å². The number of hydrogen-bond donors (Lipinski definition) is 2. The first-order chi connectivity index (χ1) is 8.59. The molecule has 0 fully saturated rings. The molecule has 0 saturated heterocycles. The predicted molar refractivity (Wildman–Crippen MR) is 67.0 cm³/mol. The van der Waals surface area contributed by atoms with Crippen LogP contribution in [0.5, 0.6) is 0 Å². The zero-order valence-corrected chi connectivity index (χ0v) is 9.82. The summed E-state index contributed by atoms with van der Waals surface area (Å²) in [4.78, 5) is 3.90. The summed E-state index contributed by atoms with van der Waals surface area (Å²) in [6.07, 6.45) is 3.28. The normalized spacial score (nSPS) is 12.2. The van der Waals surface area contributed by atoms with Crippen LogP contribution in [0.25, 0.3) is 0 Å². The Kier molecular flexibility index (Phi) is 3.41. The average Bonchev–Trinajstić information content (AvgIpc) is 2.40. The summed E-state index contributed by atoms with van der Waals surface area (Å²) in [5, 5.41) is 2.87. The molecule has 1 aromatic heterocycles. The Morgan fingerprint density at radius 1 is 1.17 bits per heavy atom. The van der Waals surface area contributed by atoms with Gasteiger partial charge in [-0.3, -0.25) is 4.98 Å². The van der Waals surface area contributed by atoms with E-state index >= 15 is 0 Å². The molecular weight excluding hydrogens is 236 g/mol. The number of aromatic nitrogens is 1. The van der Waals surface area contributed by atoms with E-state index in [0.29, 0.717) is 0 Å². The zero-order chi connectivity index (χ0) is 13.1. The molecule has 0 saturated carbocycles. The standard InChI is InChI=1S/C13H13F2N3/c1-8(9-4-6-17-7-5-9)18-13-11(16)3-2-10(14)12(13)15/h2-8,18H,16H2,1H3. The highest BCUT2D eigenvalue weighted by Gasteiger charge is 2.14.